The molecule has 1 amide bonds. The molecule has 0 aliphatic rings. The van der Waals surface area contributed by atoms with Crippen LogP contribution in [-0.4, -0.2) is 36.2 Å². The molecule has 0 aromatic rings. The number of carboxylic acid groups (broad SMARTS) is 1. The molecule has 2 N–H and O–H groups in total. The topological polar surface area (TPSA) is 75.6 Å². The molecular formula is C10H19NO4. The van der Waals surface area contributed by atoms with Crippen molar-refractivity contribution in [3.63, 3.8) is 0 Å². The lowest BCUT2D eigenvalue weighted by molar-refractivity contribution is -0.143. The van der Waals surface area contributed by atoms with E-state index in [0.717, 1.165) is 6.42 Å². The zero-order valence-electron chi connectivity index (χ0n) is 9.45. The lowest BCUT2D eigenvalue weighted by atomic mass is 10.1. The van der Waals surface area contributed by atoms with E-state index in [-0.39, 0.29) is 18.4 Å². The SMILES string of the molecule is CCCOCC(=O)NC(C(=O)O)C(C)C. The number of amides is 1. The lowest BCUT2D eigenvalue weighted by Gasteiger charge is -2.17. The maximum absolute atomic E-state index is 11.2. The molecule has 0 saturated heterocycles. The lowest BCUT2D eigenvalue weighted by Crippen LogP contribution is -2.45. The number of carboxylic acids is 1. The van der Waals surface area contributed by atoms with Gasteiger partial charge in [-0.1, -0.05) is 20.8 Å². The van der Waals surface area contributed by atoms with Gasteiger partial charge in [0.15, 0.2) is 0 Å². The fraction of sp³-hybridized carbons (Fsp3) is 0.800. The predicted molar refractivity (Wildman–Crippen MR) is 55.5 cm³/mol. The average Bonchev–Trinajstić information content (AvgIpc) is 2.13. The monoisotopic (exact) mass is 217 g/mol. The number of carbonyl (C=O) groups excluding carboxylic acids is 1. The predicted octanol–water partition coefficient (Wildman–Crippen LogP) is 0.638. The Balaban J connectivity index is 3.95. The molecule has 1 atom stereocenters. The van der Waals surface area contributed by atoms with Crippen molar-refractivity contribution in [2.45, 2.75) is 33.2 Å². The Morgan fingerprint density at radius 3 is 2.40 bits per heavy atom. The van der Waals surface area contributed by atoms with Crippen LogP contribution < -0.4 is 5.32 Å². The van der Waals surface area contributed by atoms with E-state index in [2.05, 4.69) is 5.32 Å². The first-order valence-electron chi connectivity index (χ1n) is 5.09. The minimum Gasteiger partial charge on any atom is -0.480 e. The number of ether oxygens (including phenoxy) is 1. The molecular weight excluding hydrogens is 198 g/mol. The van der Waals surface area contributed by atoms with Gasteiger partial charge in [-0.3, -0.25) is 4.79 Å². The summed E-state index contributed by atoms with van der Waals surface area (Å²) in [5.41, 5.74) is 0. The van der Waals surface area contributed by atoms with Gasteiger partial charge in [-0.25, -0.2) is 4.79 Å². The molecule has 5 nitrogen and oxygen atoms in total. The van der Waals surface area contributed by atoms with Crippen molar-refractivity contribution in [1.82, 2.24) is 5.32 Å². The van der Waals surface area contributed by atoms with Crippen molar-refractivity contribution in [1.29, 1.82) is 0 Å². The number of hydrogen-bond donors (Lipinski definition) is 2. The van der Waals surface area contributed by atoms with Gasteiger partial charge in [0.25, 0.3) is 0 Å². The van der Waals surface area contributed by atoms with Crippen molar-refractivity contribution in [2.75, 3.05) is 13.2 Å². The quantitative estimate of drug-likeness (QED) is 0.613. The van der Waals surface area contributed by atoms with Crippen LogP contribution in [0.15, 0.2) is 0 Å². The van der Waals surface area contributed by atoms with E-state index in [9.17, 15) is 9.59 Å². The largest absolute Gasteiger partial charge is 0.480 e. The highest BCUT2D eigenvalue weighted by Crippen LogP contribution is 2.01. The molecule has 0 saturated carbocycles. The smallest absolute Gasteiger partial charge is 0.326 e. The maximum Gasteiger partial charge on any atom is 0.326 e. The number of rotatable bonds is 7. The van der Waals surface area contributed by atoms with Gasteiger partial charge < -0.3 is 15.2 Å². The van der Waals surface area contributed by atoms with Crippen LogP contribution in [-0.2, 0) is 14.3 Å². The number of hydrogen-bond acceptors (Lipinski definition) is 3. The number of carbonyl (C=O) groups is 2. The Morgan fingerprint density at radius 2 is 2.00 bits per heavy atom. The molecule has 1 unspecified atom stereocenters. The Labute approximate surface area is 89.8 Å². The molecule has 0 aromatic heterocycles. The van der Waals surface area contributed by atoms with Gasteiger partial charge in [0.2, 0.25) is 5.91 Å². The summed E-state index contributed by atoms with van der Waals surface area (Å²) in [4.78, 5) is 22.0. The summed E-state index contributed by atoms with van der Waals surface area (Å²) in [6, 6.07) is -0.845. The third-order valence-electron chi connectivity index (χ3n) is 1.83. The van der Waals surface area contributed by atoms with Crippen LogP contribution in [0.1, 0.15) is 27.2 Å². The van der Waals surface area contributed by atoms with E-state index in [1.165, 1.54) is 0 Å². The molecule has 0 aromatic carbocycles. The number of nitrogens with one attached hydrogen (secondary N) is 1. The van der Waals surface area contributed by atoms with Gasteiger partial charge in [-0.05, 0) is 12.3 Å². The Hall–Kier alpha value is -1.10. The van der Waals surface area contributed by atoms with Crippen LogP contribution in [0.3, 0.4) is 0 Å². The first-order valence-corrected chi connectivity index (χ1v) is 5.09. The van der Waals surface area contributed by atoms with Crippen molar-refractivity contribution >= 4 is 11.9 Å². The minimum absolute atomic E-state index is 0.0790. The van der Waals surface area contributed by atoms with E-state index >= 15 is 0 Å². The van der Waals surface area contributed by atoms with Crippen LogP contribution in [0.5, 0.6) is 0 Å². The van der Waals surface area contributed by atoms with E-state index in [0.29, 0.717) is 6.61 Å². The molecule has 0 radical (unpaired) electrons. The highest BCUT2D eigenvalue weighted by molar-refractivity contribution is 5.84. The second-order valence-electron chi connectivity index (χ2n) is 3.68. The van der Waals surface area contributed by atoms with Crippen molar-refractivity contribution in [2.24, 2.45) is 5.92 Å². The Morgan fingerprint density at radius 1 is 1.40 bits per heavy atom. The fourth-order valence-corrected chi connectivity index (χ4v) is 1.04. The standard InChI is InChI=1S/C10H19NO4/c1-4-5-15-6-8(12)11-9(7(2)3)10(13)14/h7,9H,4-6H2,1-3H3,(H,11,12)(H,13,14). The van der Waals surface area contributed by atoms with Crippen LogP contribution >= 0.6 is 0 Å². The van der Waals surface area contributed by atoms with Crippen LogP contribution in [0.25, 0.3) is 0 Å². The molecule has 15 heavy (non-hydrogen) atoms. The summed E-state index contributed by atoms with van der Waals surface area (Å²) < 4.78 is 5.00. The average molecular weight is 217 g/mol. The molecule has 0 spiro atoms. The first-order chi connectivity index (χ1) is 6.99. The van der Waals surface area contributed by atoms with Crippen LogP contribution in [0.2, 0.25) is 0 Å². The Kier molecular flexibility index (Phi) is 6.70. The Bertz CT molecular complexity index is 215. The molecule has 88 valence electrons. The molecule has 5 heteroatoms. The third-order valence-corrected chi connectivity index (χ3v) is 1.83. The molecule has 0 fully saturated rings. The van der Waals surface area contributed by atoms with Crippen molar-refractivity contribution in [3.8, 4) is 0 Å². The van der Waals surface area contributed by atoms with E-state index < -0.39 is 12.0 Å². The summed E-state index contributed by atoms with van der Waals surface area (Å²) >= 11 is 0. The molecule has 0 aliphatic carbocycles. The van der Waals surface area contributed by atoms with Gasteiger partial charge in [-0.2, -0.15) is 0 Å². The summed E-state index contributed by atoms with van der Waals surface area (Å²) in [6.07, 6.45) is 0.833. The van der Waals surface area contributed by atoms with Crippen molar-refractivity contribution in [3.05, 3.63) is 0 Å². The van der Waals surface area contributed by atoms with E-state index in [4.69, 9.17) is 9.84 Å². The van der Waals surface area contributed by atoms with Crippen LogP contribution in [0, 0.1) is 5.92 Å². The van der Waals surface area contributed by atoms with E-state index in [1.54, 1.807) is 13.8 Å². The van der Waals surface area contributed by atoms with E-state index in [1.807, 2.05) is 6.92 Å². The third kappa shape index (κ3) is 6.06. The highest BCUT2D eigenvalue weighted by Gasteiger charge is 2.22. The van der Waals surface area contributed by atoms with Crippen LogP contribution in [0.4, 0.5) is 0 Å². The zero-order chi connectivity index (χ0) is 11.8. The summed E-state index contributed by atoms with van der Waals surface area (Å²) in [7, 11) is 0. The van der Waals surface area contributed by atoms with Gasteiger partial charge >= 0.3 is 5.97 Å². The normalized spacial score (nSPS) is 12.5. The van der Waals surface area contributed by atoms with Gasteiger partial charge in [-0.15, -0.1) is 0 Å². The summed E-state index contributed by atoms with van der Waals surface area (Å²) in [6.45, 7) is 5.85. The minimum atomic E-state index is -1.02. The zero-order valence-corrected chi connectivity index (χ0v) is 9.45. The number of aliphatic carboxylic acids is 1. The van der Waals surface area contributed by atoms with Crippen molar-refractivity contribution < 1.29 is 19.4 Å². The maximum atomic E-state index is 11.2. The second-order valence-corrected chi connectivity index (χ2v) is 3.68. The first kappa shape index (κ1) is 13.9. The molecule has 0 aliphatic heterocycles. The highest BCUT2D eigenvalue weighted by atomic mass is 16.5. The summed E-state index contributed by atoms with van der Waals surface area (Å²) in [5, 5.41) is 11.2. The molecule has 0 heterocycles. The van der Waals surface area contributed by atoms with Gasteiger partial charge in [0.1, 0.15) is 12.6 Å². The molecule has 0 rings (SSSR count). The fourth-order valence-electron chi connectivity index (χ4n) is 1.04. The van der Waals surface area contributed by atoms with Gasteiger partial charge in [0.05, 0.1) is 0 Å². The summed E-state index contributed by atoms with van der Waals surface area (Å²) in [5.74, 6) is -1.55. The molecule has 0 bridgehead atoms. The van der Waals surface area contributed by atoms with Gasteiger partial charge in [0, 0.05) is 6.61 Å². The second kappa shape index (κ2) is 7.23.